The van der Waals surface area contributed by atoms with Gasteiger partial charge in [0.25, 0.3) is 5.91 Å². The summed E-state index contributed by atoms with van der Waals surface area (Å²) in [6, 6.07) is 21.7. The number of fused-ring (bicyclic) bond motifs is 1. The van der Waals surface area contributed by atoms with E-state index in [0.717, 1.165) is 34.6 Å². The number of carbonyl (C=O) groups excluding carboxylic acids is 1. The highest BCUT2D eigenvalue weighted by molar-refractivity contribution is 7.98. The van der Waals surface area contributed by atoms with Gasteiger partial charge in [-0.2, -0.15) is 0 Å². The maximum Gasteiger partial charge on any atom is 0.252 e. The number of benzene rings is 2. The molecule has 5 rings (SSSR count). The lowest BCUT2D eigenvalue weighted by atomic mass is 9.74. The number of nitrogens with zero attached hydrogens (tertiary/aromatic N) is 2. The van der Waals surface area contributed by atoms with Gasteiger partial charge in [-0.25, -0.2) is 4.98 Å². The molecular formula is C27H26ClN3O2S. The monoisotopic (exact) mass is 491 g/mol. The molecule has 34 heavy (non-hydrogen) atoms. The van der Waals surface area contributed by atoms with E-state index in [1.165, 1.54) is 0 Å². The fourth-order valence-corrected chi connectivity index (χ4v) is 5.61. The Balaban J connectivity index is 1.30. The molecule has 0 saturated carbocycles. The van der Waals surface area contributed by atoms with Gasteiger partial charge in [-0.3, -0.25) is 4.79 Å². The zero-order valence-corrected chi connectivity index (χ0v) is 20.3. The summed E-state index contributed by atoms with van der Waals surface area (Å²) in [6.45, 7) is 1.89. The van der Waals surface area contributed by atoms with Gasteiger partial charge in [0.1, 0.15) is 5.65 Å². The summed E-state index contributed by atoms with van der Waals surface area (Å²) in [5.74, 6) is 0.626. The molecule has 1 saturated heterocycles. The van der Waals surface area contributed by atoms with Gasteiger partial charge in [-0.05, 0) is 54.8 Å². The first kappa shape index (κ1) is 23.0. The predicted molar refractivity (Wildman–Crippen MR) is 137 cm³/mol. The molecule has 7 heteroatoms. The Morgan fingerprint density at radius 2 is 1.91 bits per heavy atom. The molecule has 1 fully saturated rings. The first-order valence-corrected chi connectivity index (χ1v) is 12.8. The lowest BCUT2D eigenvalue weighted by Crippen LogP contribution is -2.44. The Morgan fingerprint density at radius 3 is 2.74 bits per heavy atom. The largest absolute Gasteiger partial charge is 0.381 e. The topological polar surface area (TPSA) is 55.6 Å². The van der Waals surface area contributed by atoms with Crippen molar-refractivity contribution in [1.29, 1.82) is 0 Å². The zero-order valence-electron chi connectivity index (χ0n) is 18.7. The number of imidazole rings is 1. The number of aromatic nitrogens is 2. The summed E-state index contributed by atoms with van der Waals surface area (Å²) in [7, 11) is 0. The van der Waals surface area contributed by atoms with Crippen LogP contribution in [-0.4, -0.2) is 35.1 Å². The smallest absolute Gasteiger partial charge is 0.252 e. The van der Waals surface area contributed by atoms with Crippen molar-refractivity contribution in [1.82, 2.24) is 14.7 Å². The van der Waals surface area contributed by atoms with Gasteiger partial charge in [0.15, 0.2) is 0 Å². The molecule has 1 N–H and O–H groups in total. The number of thioether (sulfide) groups is 1. The average Bonchev–Trinajstić information content (AvgIpc) is 3.30. The molecule has 1 aliphatic rings. The predicted octanol–water partition coefficient (Wildman–Crippen LogP) is 5.76. The molecule has 0 spiro atoms. The molecule has 0 radical (unpaired) electrons. The molecule has 0 bridgehead atoms. The molecule has 0 unspecified atom stereocenters. The molecule has 2 aromatic heterocycles. The van der Waals surface area contributed by atoms with Crippen LogP contribution in [0.25, 0.3) is 5.65 Å². The molecule has 2 aromatic carbocycles. The van der Waals surface area contributed by atoms with Gasteiger partial charge in [0, 0.05) is 53.2 Å². The van der Waals surface area contributed by atoms with E-state index in [-0.39, 0.29) is 11.3 Å². The molecule has 0 atom stereocenters. The van der Waals surface area contributed by atoms with Crippen LogP contribution in [0.5, 0.6) is 0 Å². The van der Waals surface area contributed by atoms with E-state index in [0.29, 0.717) is 36.1 Å². The maximum atomic E-state index is 13.3. The number of ether oxygens (including phenoxy) is 1. The Hall–Kier alpha value is -2.80. The summed E-state index contributed by atoms with van der Waals surface area (Å²) in [5, 5.41) is 3.93. The second kappa shape index (κ2) is 10.2. The summed E-state index contributed by atoms with van der Waals surface area (Å²) >= 11 is 7.92. The molecule has 1 amide bonds. The first-order chi connectivity index (χ1) is 16.6. The van der Waals surface area contributed by atoms with Gasteiger partial charge >= 0.3 is 0 Å². The van der Waals surface area contributed by atoms with Crippen molar-refractivity contribution in [2.45, 2.75) is 28.9 Å². The third kappa shape index (κ3) is 4.99. The number of rotatable bonds is 7. The van der Waals surface area contributed by atoms with Crippen LogP contribution in [0, 0.1) is 0 Å². The Kier molecular flexibility index (Phi) is 6.90. The highest BCUT2D eigenvalue weighted by Gasteiger charge is 2.35. The fraction of sp³-hybridized carbons (Fsp3) is 0.259. The molecule has 1 aliphatic heterocycles. The highest BCUT2D eigenvalue weighted by Crippen LogP contribution is 2.36. The number of nitrogens with one attached hydrogen (secondary N) is 1. The molecule has 5 nitrogen and oxygen atoms in total. The van der Waals surface area contributed by atoms with Crippen molar-refractivity contribution in [3.8, 4) is 0 Å². The quantitative estimate of drug-likeness (QED) is 0.334. The number of hydrogen-bond acceptors (Lipinski definition) is 4. The molecule has 0 aliphatic carbocycles. The minimum Gasteiger partial charge on any atom is -0.381 e. The van der Waals surface area contributed by atoms with Crippen LogP contribution in [-0.2, 0) is 15.9 Å². The summed E-state index contributed by atoms with van der Waals surface area (Å²) in [5.41, 5.74) is 3.56. The number of halogens is 1. The van der Waals surface area contributed by atoms with Crippen molar-refractivity contribution in [3.63, 3.8) is 0 Å². The first-order valence-electron chi connectivity index (χ1n) is 11.4. The molecular weight excluding hydrogens is 466 g/mol. The van der Waals surface area contributed by atoms with Gasteiger partial charge in [0.05, 0.1) is 11.3 Å². The van der Waals surface area contributed by atoms with E-state index in [4.69, 9.17) is 16.3 Å². The minimum absolute atomic E-state index is 0.0639. The van der Waals surface area contributed by atoms with Crippen LogP contribution in [0.2, 0.25) is 5.02 Å². The summed E-state index contributed by atoms with van der Waals surface area (Å²) in [6.07, 6.45) is 5.71. The summed E-state index contributed by atoms with van der Waals surface area (Å²) in [4.78, 5) is 18.9. The van der Waals surface area contributed by atoms with Crippen LogP contribution in [0.15, 0.2) is 84.0 Å². The highest BCUT2D eigenvalue weighted by atomic mass is 35.5. The van der Waals surface area contributed by atoms with Crippen molar-refractivity contribution < 1.29 is 9.53 Å². The fourth-order valence-electron chi connectivity index (χ4n) is 4.48. The lowest BCUT2D eigenvalue weighted by Gasteiger charge is -2.38. The van der Waals surface area contributed by atoms with Gasteiger partial charge < -0.3 is 14.5 Å². The third-order valence-corrected chi connectivity index (χ3v) is 7.74. The zero-order chi connectivity index (χ0) is 23.4. The number of pyridine rings is 1. The SMILES string of the molecule is O=C(NCC1(c2cccc(Cl)c2)CCOCC1)c1ccccc1SCc1cn2ccccc2n1. The Bertz CT molecular complexity index is 1270. The van der Waals surface area contributed by atoms with E-state index in [2.05, 4.69) is 16.4 Å². The molecule has 174 valence electrons. The van der Waals surface area contributed by atoms with Gasteiger partial charge in [-0.15, -0.1) is 11.8 Å². The second-order valence-electron chi connectivity index (χ2n) is 8.57. The number of hydrogen-bond donors (Lipinski definition) is 1. The van der Waals surface area contributed by atoms with E-state index in [1.807, 2.05) is 77.5 Å². The van der Waals surface area contributed by atoms with Crippen LogP contribution in [0.1, 0.15) is 34.5 Å². The lowest BCUT2D eigenvalue weighted by molar-refractivity contribution is 0.0487. The van der Waals surface area contributed by atoms with Gasteiger partial charge in [-0.1, -0.05) is 41.9 Å². The van der Waals surface area contributed by atoms with Crippen molar-refractivity contribution >= 4 is 34.9 Å². The van der Waals surface area contributed by atoms with Crippen LogP contribution < -0.4 is 5.32 Å². The van der Waals surface area contributed by atoms with Crippen LogP contribution >= 0.6 is 23.4 Å². The van der Waals surface area contributed by atoms with E-state index in [9.17, 15) is 4.79 Å². The van der Waals surface area contributed by atoms with Crippen molar-refractivity contribution in [2.24, 2.45) is 0 Å². The average molecular weight is 492 g/mol. The standard InChI is InChI=1S/C27H26ClN3O2S/c28-21-7-5-6-20(16-21)27(11-14-33-15-12-27)19-29-26(32)23-8-1-2-9-24(23)34-18-22-17-31-13-4-3-10-25(31)30-22/h1-10,13,16-17H,11-12,14-15,18-19H2,(H,29,32). The van der Waals surface area contributed by atoms with Crippen LogP contribution in [0.3, 0.4) is 0 Å². The third-order valence-electron chi connectivity index (χ3n) is 6.40. The Labute approximate surface area is 208 Å². The van der Waals surface area contributed by atoms with E-state index < -0.39 is 0 Å². The normalized spacial score (nSPS) is 15.3. The van der Waals surface area contributed by atoms with Gasteiger partial charge in [0.2, 0.25) is 0 Å². The number of carbonyl (C=O) groups is 1. The van der Waals surface area contributed by atoms with Crippen molar-refractivity contribution in [3.05, 3.63) is 101 Å². The van der Waals surface area contributed by atoms with Crippen LogP contribution in [0.4, 0.5) is 0 Å². The number of amides is 1. The van der Waals surface area contributed by atoms with E-state index in [1.54, 1.807) is 11.8 Å². The minimum atomic E-state index is -0.183. The maximum absolute atomic E-state index is 13.3. The molecule has 3 heterocycles. The summed E-state index contributed by atoms with van der Waals surface area (Å²) < 4.78 is 7.64. The van der Waals surface area contributed by atoms with Crippen molar-refractivity contribution in [2.75, 3.05) is 19.8 Å². The molecule has 4 aromatic rings. The second-order valence-corrected chi connectivity index (χ2v) is 10.0. The van der Waals surface area contributed by atoms with E-state index >= 15 is 0 Å². The Morgan fingerprint density at radius 1 is 1.09 bits per heavy atom.